The molecule has 1 saturated heterocycles. The van der Waals surface area contributed by atoms with Gasteiger partial charge in [0.2, 0.25) is 0 Å². The van der Waals surface area contributed by atoms with Gasteiger partial charge in [-0.15, -0.1) is 0 Å². The largest absolute Gasteiger partial charge is 0.462 e. The summed E-state index contributed by atoms with van der Waals surface area (Å²) in [4.78, 5) is 26.3. The quantitative estimate of drug-likeness (QED) is 0.136. The minimum Gasteiger partial charge on any atom is -0.462 e. The summed E-state index contributed by atoms with van der Waals surface area (Å²) in [6.07, 6.45) is -4.50. The number of hydrogen-bond donors (Lipinski definition) is 7. The number of carbonyl (C=O) groups is 2. The van der Waals surface area contributed by atoms with Crippen LogP contribution in [0.3, 0.4) is 0 Å². The Balaban J connectivity index is 1.49. The molecular formula is C38H62O12. The topological polar surface area (TPSA) is 203 Å². The van der Waals surface area contributed by atoms with E-state index >= 15 is 0 Å². The molecule has 0 amide bonds. The van der Waals surface area contributed by atoms with E-state index in [2.05, 4.69) is 26.8 Å². The smallest absolute Gasteiger partial charge is 0.302 e. The summed E-state index contributed by atoms with van der Waals surface area (Å²) >= 11 is 0. The van der Waals surface area contributed by atoms with Crippen LogP contribution in [0.2, 0.25) is 0 Å². The van der Waals surface area contributed by atoms with Gasteiger partial charge >= 0.3 is 5.97 Å². The fraction of sp³-hybridized carbons (Fsp3) is 0.895. The number of aliphatic hydroxyl groups is 7. The van der Waals surface area contributed by atoms with Crippen molar-refractivity contribution in [1.29, 1.82) is 0 Å². The van der Waals surface area contributed by atoms with Crippen molar-refractivity contribution in [2.45, 2.75) is 167 Å². The molecule has 0 unspecified atom stereocenters. The highest BCUT2D eigenvalue weighted by atomic mass is 16.7. The standard InChI is InChI=1S/C38H62O12/c1-19(40)48-23-17-37(8)25-11-10-20-21(16-22(31(45)34(20,4)5)49-32-29(44)28(43)27(42)24(18-39)50-32)35(25,6)14-15-36(37,7)30(23)38(9,47)26(41)12-13-33(2,3)46/h10,21-25,27-32,39,42-47H,11-18H2,1-9H3/t21-,22-,23-,24+,25-,27+,28-,29+,30-,31+,32+,35+,36-,37-,38+/m1/s1. The normalized spacial score (nSPS) is 46.9. The Morgan fingerprint density at radius 1 is 0.940 bits per heavy atom. The zero-order valence-corrected chi connectivity index (χ0v) is 31.3. The highest BCUT2D eigenvalue weighted by molar-refractivity contribution is 5.87. The average molecular weight is 711 g/mol. The molecule has 1 aliphatic heterocycles. The van der Waals surface area contributed by atoms with Gasteiger partial charge in [0.15, 0.2) is 12.1 Å². The first-order valence-electron chi connectivity index (χ1n) is 18.4. The second kappa shape index (κ2) is 13.1. The minimum atomic E-state index is -1.82. The van der Waals surface area contributed by atoms with Gasteiger partial charge < -0.3 is 50.0 Å². The summed E-state index contributed by atoms with van der Waals surface area (Å²) < 4.78 is 17.9. The van der Waals surface area contributed by atoms with E-state index in [0.717, 1.165) is 12.0 Å². The molecule has 12 heteroatoms. The molecule has 4 aliphatic carbocycles. The van der Waals surface area contributed by atoms with Crippen molar-refractivity contribution < 1.29 is 59.5 Å². The molecular weight excluding hydrogens is 648 g/mol. The molecule has 5 rings (SSSR count). The summed E-state index contributed by atoms with van der Waals surface area (Å²) in [5.41, 5.74) is -3.94. The van der Waals surface area contributed by atoms with Crippen molar-refractivity contribution in [2.75, 3.05) is 6.61 Å². The van der Waals surface area contributed by atoms with Gasteiger partial charge in [0.1, 0.15) is 36.1 Å². The van der Waals surface area contributed by atoms with Crippen LogP contribution in [0, 0.1) is 39.4 Å². The number of rotatable bonds is 9. The number of aliphatic hydroxyl groups excluding tert-OH is 5. The summed E-state index contributed by atoms with van der Waals surface area (Å²) in [7, 11) is 0. The maximum atomic E-state index is 13.8. The second-order valence-electron chi connectivity index (χ2n) is 18.3. The molecule has 15 atom stereocenters. The summed E-state index contributed by atoms with van der Waals surface area (Å²) in [6, 6.07) is 0. The first-order valence-corrected chi connectivity index (χ1v) is 18.4. The van der Waals surface area contributed by atoms with Crippen molar-refractivity contribution in [1.82, 2.24) is 0 Å². The van der Waals surface area contributed by atoms with Crippen molar-refractivity contribution >= 4 is 11.8 Å². The van der Waals surface area contributed by atoms with Gasteiger partial charge in [-0.05, 0) is 87.4 Å². The highest BCUT2D eigenvalue weighted by Crippen LogP contribution is 2.75. The number of carbonyl (C=O) groups excluding carboxylic acids is 2. The Morgan fingerprint density at radius 3 is 2.16 bits per heavy atom. The number of ketones is 1. The fourth-order valence-corrected chi connectivity index (χ4v) is 11.4. The number of esters is 1. The molecule has 12 nitrogen and oxygen atoms in total. The molecule has 0 aromatic heterocycles. The monoisotopic (exact) mass is 710 g/mol. The summed E-state index contributed by atoms with van der Waals surface area (Å²) in [5, 5.41) is 75.4. The van der Waals surface area contributed by atoms with Gasteiger partial charge in [0.25, 0.3) is 0 Å². The lowest BCUT2D eigenvalue weighted by atomic mass is 9.38. The first kappa shape index (κ1) is 39.7. The third kappa shape index (κ3) is 6.22. The summed E-state index contributed by atoms with van der Waals surface area (Å²) in [5.74, 6) is -1.58. The Morgan fingerprint density at radius 2 is 1.58 bits per heavy atom. The molecule has 0 aromatic carbocycles. The van der Waals surface area contributed by atoms with Gasteiger partial charge in [-0.3, -0.25) is 9.59 Å². The van der Waals surface area contributed by atoms with E-state index < -0.39 is 95.0 Å². The molecule has 7 N–H and O–H groups in total. The lowest BCUT2D eigenvalue weighted by molar-refractivity contribution is -0.324. The second-order valence-corrected chi connectivity index (χ2v) is 18.3. The predicted octanol–water partition coefficient (Wildman–Crippen LogP) is 2.16. The van der Waals surface area contributed by atoms with Crippen molar-refractivity contribution in [3.8, 4) is 0 Å². The molecule has 0 bridgehead atoms. The van der Waals surface area contributed by atoms with Crippen LogP contribution in [0.1, 0.15) is 107 Å². The highest BCUT2D eigenvalue weighted by Gasteiger charge is 2.73. The Kier molecular flexibility index (Phi) is 10.4. The molecule has 3 saturated carbocycles. The molecule has 5 aliphatic rings. The van der Waals surface area contributed by atoms with Crippen LogP contribution in [0.25, 0.3) is 0 Å². The maximum absolute atomic E-state index is 13.8. The number of allylic oxidation sites excluding steroid dienone is 1. The van der Waals surface area contributed by atoms with Crippen molar-refractivity contribution in [3.05, 3.63) is 11.6 Å². The van der Waals surface area contributed by atoms with Gasteiger partial charge in [0.05, 0.1) is 24.4 Å². The molecule has 50 heavy (non-hydrogen) atoms. The fourth-order valence-electron chi connectivity index (χ4n) is 11.4. The Labute approximate surface area is 296 Å². The molecule has 0 spiro atoms. The van der Waals surface area contributed by atoms with Crippen LogP contribution in [0.4, 0.5) is 0 Å². The van der Waals surface area contributed by atoms with Gasteiger partial charge in [0, 0.05) is 24.7 Å². The maximum Gasteiger partial charge on any atom is 0.302 e. The number of Topliss-reactive ketones (excluding diaryl/α,β-unsaturated/α-hetero) is 1. The van der Waals surface area contributed by atoms with E-state index in [1.807, 2.05) is 13.8 Å². The Bertz CT molecular complexity index is 1340. The lowest BCUT2D eigenvalue weighted by Gasteiger charge is -2.66. The molecule has 0 aromatic rings. The zero-order valence-electron chi connectivity index (χ0n) is 31.3. The Hall–Kier alpha value is -1.48. The van der Waals surface area contributed by atoms with E-state index in [1.165, 1.54) is 13.8 Å². The molecule has 4 fully saturated rings. The van der Waals surface area contributed by atoms with Crippen LogP contribution in [-0.2, 0) is 23.8 Å². The van der Waals surface area contributed by atoms with Crippen LogP contribution in [-0.4, -0.2) is 114 Å². The van der Waals surface area contributed by atoms with E-state index in [0.29, 0.717) is 25.7 Å². The third-order valence-corrected chi connectivity index (χ3v) is 14.4. The number of hydrogen-bond acceptors (Lipinski definition) is 12. The third-order valence-electron chi connectivity index (χ3n) is 14.4. The van der Waals surface area contributed by atoms with Gasteiger partial charge in [-0.25, -0.2) is 0 Å². The van der Waals surface area contributed by atoms with Gasteiger partial charge in [-0.1, -0.05) is 46.3 Å². The van der Waals surface area contributed by atoms with Crippen LogP contribution < -0.4 is 0 Å². The van der Waals surface area contributed by atoms with Crippen LogP contribution >= 0.6 is 0 Å². The minimum absolute atomic E-state index is 0.0187. The lowest BCUT2D eigenvalue weighted by Crippen LogP contribution is -2.64. The SMILES string of the molecule is CC(=O)O[C@@H]1C[C@]2(C)[C@@H]3CC=C4[C@@H](C[C@@H](O[C@H]5O[C@@H](CO)[C@H](O)[C@@H](O)[C@@H]5O)[C@H](O)C4(C)C)[C@]3(C)CC[C@]2(C)[C@@H]1[C@@](C)(O)C(=O)CCC(C)(C)O. The summed E-state index contributed by atoms with van der Waals surface area (Å²) in [6.45, 7) is 16.1. The van der Waals surface area contributed by atoms with Crippen molar-refractivity contribution in [2.24, 2.45) is 39.4 Å². The zero-order chi connectivity index (χ0) is 37.6. The van der Waals surface area contributed by atoms with Gasteiger partial charge in [-0.2, -0.15) is 0 Å². The number of ether oxygens (including phenoxy) is 3. The first-order chi connectivity index (χ1) is 22.9. The van der Waals surface area contributed by atoms with E-state index in [9.17, 15) is 45.3 Å². The van der Waals surface area contributed by atoms with E-state index in [1.54, 1.807) is 13.8 Å². The molecule has 1 heterocycles. The van der Waals surface area contributed by atoms with Crippen molar-refractivity contribution in [3.63, 3.8) is 0 Å². The van der Waals surface area contributed by atoms with E-state index in [4.69, 9.17) is 14.2 Å². The van der Waals surface area contributed by atoms with E-state index in [-0.39, 0.29) is 35.9 Å². The predicted molar refractivity (Wildman–Crippen MR) is 181 cm³/mol. The number of fused-ring (bicyclic) bond motifs is 5. The molecule has 0 radical (unpaired) electrons. The molecule has 286 valence electrons. The van der Waals surface area contributed by atoms with Crippen LogP contribution in [0.5, 0.6) is 0 Å². The van der Waals surface area contributed by atoms with Crippen LogP contribution in [0.15, 0.2) is 11.6 Å². The average Bonchev–Trinajstić information content (AvgIpc) is 3.24.